The average Bonchev–Trinajstić information content (AvgIpc) is 3.13. The van der Waals surface area contributed by atoms with Crippen molar-refractivity contribution in [2.24, 2.45) is 5.41 Å². The quantitative estimate of drug-likeness (QED) is 0.0660. The molecule has 0 N–H and O–H groups in total. The lowest BCUT2D eigenvalue weighted by atomic mass is 9.77. The van der Waals surface area contributed by atoms with Crippen molar-refractivity contribution in [1.29, 1.82) is 0 Å². The van der Waals surface area contributed by atoms with Gasteiger partial charge in [0, 0.05) is 5.41 Å². The number of ether oxygens (including phenoxy) is 1. The first kappa shape index (κ1) is 32.6. The molecule has 3 heteroatoms. The topological polar surface area (TPSA) is 26.3 Å². The fourth-order valence-corrected chi connectivity index (χ4v) is 6.08. The molecule has 1 rings (SSSR count). The van der Waals surface area contributed by atoms with Crippen LogP contribution in [0, 0.1) is 5.41 Å². The number of cyclic esters (lactones) is 1. The summed E-state index contributed by atoms with van der Waals surface area (Å²) in [6.07, 6.45) is 35.4. The molecule has 35 heavy (non-hydrogen) atoms. The number of thiocarbonyl (C=S) groups is 1. The van der Waals surface area contributed by atoms with Crippen molar-refractivity contribution >= 4 is 23.2 Å². The fraction of sp³-hybridized carbons (Fsp3) is 0.938. The molecule has 206 valence electrons. The predicted octanol–water partition coefficient (Wildman–Crippen LogP) is 11.4. The highest BCUT2D eigenvalue weighted by Crippen LogP contribution is 2.42. The van der Waals surface area contributed by atoms with Gasteiger partial charge in [0.2, 0.25) is 0 Å². The molecule has 0 atom stereocenters. The van der Waals surface area contributed by atoms with Crippen LogP contribution in [0.4, 0.5) is 0 Å². The van der Waals surface area contributed by atoms with Gasteiger partial charge in [0.05, 0.1) is 6.42 Å². The molecule has 0 aromatic carbocycles. The summed E-state index contributed by atoms with van der Waals surface area (Å²) >= 11 is 5.56. The molecular weight excluding hydrogens is 448 g/mol. The molecular formula is C32H60O2S. The van der Waals surface area contributed by atoms with E-state index >= 15 is 0 Å². The predicted molar refractivity (Wildman–Crippen MR) is 157 cm³/mol. The van der Waals surface area contributed by atoms with Crippen LogP contribution in [0.2, 0.25) is 0 Å². The molecule has 0 unspecified atom stereocenters. The zero-order chi connectivity index (χ0) is 25.5. The van der Waals surface area contributed by atoms with Gasteiger partial charge < -0.3 is 4.74 Å². The molecule has 0 amide bonds. The highest BCUT2D eigenvalue weighted by Gasteiger charge is 2.44. The summed E-state index contributed by atoms with van der Waals surface area (Å²) in [7, 11) is 0. The average molecular weight is 509 g/mol. The number of esters is 1. The van der Waals surface area contributed by atoms with Crippen LogP contribution in [-0.4, -0.2) is 11.0 Å². The van der Waals surface area contributed by atoms with E-state index in [2.05, 4.69) is 13.8 Å². The second kappa shape index (κ2) is 22.7. The van der Waals surface area contributed by atoms with Gasteiger partial charge in [0.15, 0.2) is 5.05 Å². The van der Waals surface area contributed by atoms with E-state index in [0.29, 0.717) is 11.5 Å². The Labute approximate surface area is 225 Å². The number of carbonyl (C=O) groups is 1. The van der Waals surface area contributed by atoms with Crippen molar-refractivity contribution in [1.82, 2.24) is 0 Å². The van der Waals surface area contributed by atoms with E-state index < -0.39 is 0 Å². The van der Waals surface area contributed by atoms with E-state index in [-0.39, 0.29) is 11.4 Å². The highest BCUT2D eigenvalue weighted by molar-refractivity contribution is 7.80. The molecule has 0 aromatic heterocycles. The number of carbonyl (C=O) groups excluding carboxylic acids is 1. The Hall–Kier alpha value is -0.440. The third-order valence-electron chi connectivity index (χ3n) is 8.14. The Morgan fingerprint density at radius 1 is 0.543 bits per heavy atom. The summed E-state index contributed by atoms with van der Waals surface area (Å²) in [5, 5.41) is 0.605. The second-order valence-corrected chi connectivity index (χ2v) is 11.9. The smallest absolute Gasteiger partial charge is 0.312 e. The maximum atomic E-state index is 12.0. The summed E-state index contributed by atoms with van der Waals surface area (Å²) < 4.78 is 5.38. The van der Waals surface area contributed by atoms with Gasteiger partial charge in [-0.15, -0.1) is 0 Å². The van der Waals surface area contributed by atoms with E-state index in [1.807, 2.05) is 0 Å². The first-order valence-electron chi connectivity index (χ1n) is 15.9. The maximum Gasteiger partial charge on any atom is 0.312 e. The number of rotatable bonds is 26. The summed E-state index contributed by atoms with van der Waals surface area (Å²) in [6, 6.07) is 0. The van der Waals surface area contributed by atoms with Crippen LogP contribution in [-0.2, 0) is 9.53 Å². The molecule has 1 saturated heterocycles. The van der Waals surface area contributed by atoms with Crippen molar-refractivity contribution in [2.75, 3.05) is 0 Å². The molecule has 1 aliphatic rings. The van der Waals surface area contributed by atoms with E-state index in [4.69, 9.17) is 17.0 Å². The summed E-state index contributed by atoms with van der Waals surface area (Å²) in [5.41, 5.74) is -0.136. The molecule has 0 saturated carbocycles. The van der Waals surface area contributed by atoms with E-state index in [0.717, 1.165) is 12.8 Å². The third kappa shape index (κ3) is 16.8. The highest BCUT2D eigenvalue weighted by atomic mass is 32.1. The molecule has 0 radical (unpaired) electrons. The van der Waals surface area contributed by atoms with E-state index in [1.54, 1.807) is 0 Å². The molecule has 1 heterocycles. The normalized spacial score (nSPS) is 15.1. The van der Waals surface area contributed by atoms with Crippen molar-refractivity contribution < 1.29 is 9.53 Å². The van der Waals surface area contributed by atoms with Gasteiger partial charge in [-0.2, -0.15) is 0 Å². The third-order valence-corrected chi connectivity index (χ3v) is 8.66. The zero-order valence-corrected chi connectivity index (χ0v) is 24.6. The number of hydrogen-bond donors (Lipinski definition) is 0. The summed E-state index contributed by atoms with van der Waals surface area (Å²) in [4.78, 5) is 12.0. The SMILES string of the molecule is CCCCCCCCCCCCCCC1(CCCCCCCCCCCCCC)CC(=O)OC1=S. The minimum absolute atomic E-state index is 0.0899. The Kier molecular flexibility index (Phi) is 21.2. The molecule has 0 bridgehead atoms. The lowest BCUT2D eigenvalue weighted by molar-refractivity contribution is -0.133. The van der Waals surface area contributed by atoms with Gasteiger partial charge in [-0.05, 0) is 25.1 Å². The first-order valence-corrected chi connectivity index (χ1v) is 16.3. The van der Waals surface area contributed by atoms with Crippen LogP contribution in [0.3, 0.4) is 0 Å². The van der Waals surface area contributed by atoms with Gasteiger partial charge in [0.1, 0.15) is 0 Å². The lowest BCUT2D eigenvalue weighted by Gasteiger charge is -2.26. The number of unbranched alkanes of at least 4 members (excludes halogenated alkanes) is 22. The van der Waals surface area contributed by atoms with Gasteiger partial charge in [-0.3, -0.25) is 4.79 Å². The van der Waals surface area contributed by atoms with Crippen LogP contribution < -0.4 is 0 Å². The maximum absolute atomic E-state index is 12.0. The Bertz CT molecular complexity index is 488. The van der Waals surface area contributed by atoms with Gasteiger partial charge in [-0.25, -0.2) is 0 Å². The largest absolute Gasteiger partial charge is 0.419 e. The van der Waals surface area contributed by atoms with Crippen LogP contribution >= 0.6 is 12.2 Å². The van der Waals surface area contributed by atoms with Crippen LogP contribution in [0.5, 0.6) is 0 Å². The molecule has 1 fully saturated rings. The van der Waals surface area contributed by atoms with Crippen molar-refractivity contribution in [3.8, 4) is 0 Å². The molecule has 0 spiro atoms. The Morgan fingerprint density at radius 3 is 1.09 bits per heavy atom. The van der Waals surface area contributed by atoms with Crippen molar-refractivity contribution in [3.05, 3.63) is 0 Å². The van der Waals surface area contributed by atoms with E-state index in [1.165, 1.54) is 154 Å². The fourth-order valence-electron chi connectivity index (χ4n) is 5.71. The van der Waals surface area contributed by atoms with Crippen LogP contribution in [0.25, 0.3) is 0 Å². The molecule has 2 nitrogen and oxygen atoms in total. The van der Waals surface area contributed by atoms with Crippen LogP contribution in [0.1, 0.15) is 187 Å². The van der Waals surface area contributed by atoms with Crippen molar-refractivity contribution in [2.45, 2.75) is 187 Å². The monoisotopic (exact) mass is 508 g/mol. The van der Waals surface area contributed by atoms with Crippen molar-refractivity contribution in [3.63, 3.8) is 0 Å². The lowest BCUT2D eigenvalue weighted by Crippen LogP contribution is -2.25. The van der Waals surface area contributed by atoms with Gasteiger partial charge in [-0.1, -0.05) is 168 Å². The Balaban J connectivity index is 2.07. The molecule has 0 aromatic rings. The summed E-state index contributed by atoms with van der Waals surface area (Å²) in [6.45, 7) is 4.57. The summed E-state index contributed by atoms with van der Waals surface area (Å²) in [5.74, 6) is -0.0899. The second-order valence-electron chi connectivity index (χ2n) is 11.5. The first-order chi connectivity index (χ1) is 17.1. The minimum atomic E-state index is -0.136. The minimum Gasteiger partial charge on any atom is -0.419 e. The Morgan fingerprint density at radius 2 is 0.829 bits per heavy atom. The zero-order valence-electron chi connectivity index (χ0n) is 23.8. The molecule has 1 aliphatic heterocycles. The standard InChI is InChI=1S/C32H60O2S/c1-3-5-7-9-11-13-15-17-19-21-23-25-27-32(29-30(33)34-31(32)35)28-26-24-22-20-18-16-14-12-10-8-6-4-2/h3-29H2,1-2H3. The van der Waals surface area contributed by atoms with Gasteiger partial charge in [0.25, 0.3) is 0 Å². The van der Waals surface area contributed by atoms with Crippen LogP contribution in [0.15, 0.2) is 0 Å². The van der Waals surface area contributed by atoms with Gasteiger partial charge >= 0.3 is 5.97 Å². The van der Waals surface area contributed by atoms with E-state index in [9.17, 15) is 4.79 Å². The molecule has 0 aliphatic carbocycles. The number of hydrogen-bond acceptors (Lipinski definition) is 3.